The quantitative estimate of drug-likeness (QED) is 0.807. The molecule has 1 N–H and O–H groups in total. The Balaban J connectivity index is 1.65. The molecule has 0 bridgehead atoms. The average Bonchev–Trinajstić information content (AvgIpc) is 2.52. The molecule has 0 aromatic heterocycles. The topological polar surface area (TPSA) is 35.6 Å². The van der Waals surface area contributed by atoms with E-state index in [-0.39, 0.29) is 6.03 Å². The van der Waals surface area contributed by atoms with E-state index >= 15 is 0 Å². The second-order valence-corrected chi connectivity index (χ2v) is 6.46. The fourth-order valence-corrected chi connectivity index (χ4v) is 3.50. The molecule has 2 saturated heterocycles. The van der Waals surface area contributed by atoms with Crippen LogP contribution in [0.3, 0.4) is 0 Å². The number of nitrogens with one attached hydrogen (secondary N) is 1. The Labute approximate surface area is 129 Å². The molecule has 2 fully saturated rings. The molecule has 0 spiro atoms. The molecule has 0 radical (unpaired) electrons. The molecule has 0 aliphatic carbocycles. The van der Waals surface area contributed by atoms with Gasteiger partial charge in [-0.3, -0.25) is 0 Å². The summed E-state index contributed by atoms with van der Waals surface area (Å²) < 4.78 is 0. The Kier molecular flexibility index (Phi) is 6.38. The lowest BCUT2D eigenvalue weighted by molar-refractivity contribution is 0.132. The van der Waals surface area contributed by atoms with Crippen molar-refractivity contribution in [1.29, 1.82) is 0 Å². The van der Waals surface area contributed by atoms with Crippen LogP contribution >= 0.6 is 0 Å². The van der Waals surface area contributed by atoms with Crippen LogP contribution in [0.1, 0.15) is 45.4 Å². The number of hydrogen-bond acceptors (Lipinski definition) is 2. The van der Waals surface area contributed by atoms with E-state index in [1.54, 1.807) is 0 Å². The number of carbonyl (C=O) groups is 1. The van der Waals surface area contributed by atoms with Gasteiger partial charge in [0.1, 0.15) is 0 Å². The standard InChI is InChI=1S/C17H29N3O/c1-3-10-18-17(21)20-13-8-16(9-14-20)7-12-19-11-5-4-6-15(19)2/h1,15-16H,4-14H2,2H3,(H,18,21)/t15-/m0/s1. The minimum Gasteiger partial charge on any atom is -0.327 e. The van der Waals surface area contributed by atoms with Crippen molar-refractivity contribution in [2.45, 2.75) is 51.5 Å². The van der Waals surface area contributed by atoms with Crippen molar-refractivity contribution in [3.05, 3.63) is 0 Å². The first-order valence-corrected chi connectivity index (χ1v) is 8.41. The van der Waals surface area contributed by atoms with Crippen molar-refractivity contribution in [3.8, 4) is 12.3 Å². The fraction of sp³-hybridized carbons (Fsp3) is 0.824. The summed E-state index contributed by atoms with van der Waals surface area (Å²) in [6, 6.07) is 0.754. The number of amides is 2. The lowest BCUT2D eigenvalue weighted by Crippen LogP contribution is -2.45. The van der Waals surface area contributed by atoms with Gasteiger partial charge in [-0.05, 0) is 58.0 Å². The zero-order chi connectivity index (χ0) is 15.1. The summed E-state index contributed by atoms with van der Waals surface area (Å²) in [5.41, 5.74) is 0. The van der Waals surface area contributed by atoms with E-state index in [0.717, 1.165) is 37.9 Å². The molecular weight excluding hydrogens is 262 g/mol. The average molecular weight is 291 g/mol. The van der Waals surface area contributed by atoms with E-state index in [4.69, 9.17) is 6.42 Å². The van der Waals surface area contributed by atoms with E-state index < -0.39 is 0 Å². The molecule has 0 aromatic carbocycles. The van der Waals surface area contributed by atoms with Crippen LogP contribution in [0.2, 0.25) is 0 Å². The maximum Gasteiger partial charge on any atom is 0.318 e. The lowest BCUT2D eigenvalue weighted by Gasteiger charge is -2.36. The SMILES string of the molecule is C#CCNC(=O)N1CCC(CCN2CCCC[C@@H]2C)CC1. The van der Waals surface area contributed by atoms with E-state index in [9.17, 15) is 4.79 Å². The molecule has 0 aromatic rings. The highest BCUT2D eigenvalue weighted by molar-refractivity contribution is 5.74. The fourth-order valence-electron chi connectivity index (χ4n) is 3.50. The Morgan fingerprint density at radius 1 is 1.24 bits per heavy atom. The van der Waals surface area contributed by atoms with Gasteiger partial charge in [0.2, 0.25) is 0 Å². The molecule has 4 heteroatoms. The second-order valence-electron chi connectivity index (χ2n) is 6.46. The maximum atomic E-state index is 11.8. The number of nitrogens with zero attached hydrogens (tertiary/aromatic N) is 2. The first-order valence-electron chi connectivity index (χ1n) is 8.41. The maximum absolute atomic E-state index is 11.8. The molecule has 2 aliphatic rings. The van der Waals surface area contributed by atoms with E-state index in [2.05, 4.69) is 23.1 Å². The van der Waals surface area contributed by atoms with Gasteiger partial charge in [0, 0.05) is 19.1 Å². The van der Waals surface area contributed by atoms with Gasteiger partial charge in [-0.2, -0.15) is 0 Å². The van der Waals surface area contributed by atoms with Crippen LogP contribution in [-0.4, -0.2) is 54.6 Å². The number of piperidine rings is 2. The normalized spacial score (nSPS) is 24.6. The van der Waals surface area contributed by atoms with Crippen LogP contribution in [0, 0.1) is 18.3 Å². The zero-order valence-corrected chi connectivity index (χ0v) is 13.3. The Bertz CT molecular complexity index is 369. The van der Waals surface area contributed by atoms with Gasteiger partial charge in [0.15, 0.2) is 0 Å². The molecular formula is C17H29N3O. The van der Waals surface area contributed by atoms with Gasteiger partial charge in [0.05, 0.1) is 6.54 Å². The van der Waals surface area contributed by atoms with Gasteiger partial charge >= 0.3 is 6.03 Å². The smallest absolute Gasteiger partial charge is 0.318 e. The molecule has 1 atom stereocenters. The third-order valence-electron chi connectivity index (χ3n) is 5.01. The van der Waals surface area contributed by atoms with Crippen molar-refractivity contribution in [2.24, 2.45) is 5.92 Å². The lowest BCUT2D eigenvalue weighted by atomic mass is 9.92. The van der Waals surface area contributed by atoms with Gasteiger partial charge in [0.25, 0.3) is 0 Å². The van der Waals surface area contributed by atoms with Crippen molar-refractivity contribution >= 4 is 6.03 Å². The molecule has 4 nitrogen and oxygen atoms in total. The molecule has 21 heavy (non-hydrogen) atoms. The van der Waals surface area contributed by atoms with Gasteiger partial charge in [-0.25, -0.2) is 4.79 Å². The summed E-state index contributed by atoms with van der Waals surface area (Å²) in [4.78, 5) is 16.4. The molecule has 0 saturated carbocycles. The third kappa shape index (κ3) is 4.93. The number of hydrogen-bond donors (Lipinski definition) is 1. The summed E-state index contributed by atoms with van der Waals surface area (Å²) in [6.07, 6.45) is 12.8. The molecule has 2 rings (SSSR count). The minimum atomic E-state index is -0.00365. The van der Waals surface area contributed by atoms with Crippen LogP contribution < -0.4 is 5.32 Å². The molecule has 2 aliphatic heterocycles. The zero-order valence-electron chi connectivity index (χ0n) is 13.3. The highest BCUT2D eigenvalue weighted by atomic mass is 16.2. The minimum absolute atomic E-state index is 0.00365. The highest BCUT2D eigenvalue weighted by Gasteiger charge is 2.24. The summed E-state index contributed by atoms with van der Waals surface area (Å²) in [5, 5.41) is 2.75. The number of terminal acetylenes is 1. The largest absolute Gasteiger partial charge is 0.327 e. The van der Waals surface area contributed by atoms with E-state index in [1.165, 1.54) is 38.8 Å². The van der Waals surface area contributed by atoms with Crippen LogP contribution in [0.15, 0.2) is 0 Å². The molecule has 2 amide bonds. The van der Waals surface area contributed by atoms with E-state index in [0.29, 0.717) is 6.54 Å². The first-order chi connectivity index (χ1) is 10.2. The van der Waals surface area contributed by atoms with Gasteiger partial charge < -0.3 is 15.1 Å². The van der Waals surface area contributed by atoms with Crippen LogP contribution in [0.5, 0.6) is 0 Å². The molecule has 118 valence electrons. The van der Waals surface area contributed by atoms with Crippen molar-refractivity contribution in [3.63, 3.8) is 0 Å². The van der Waals surface area contributed by atoms with Crippen molar-refractivity contribution in [2.75, 3.05) is 32.7 Å². The number of carbonyl (C=O) groups excluding carboxylic acids is 1. The highest BCUT2D eigenvalue weighted by Crippen LogP contribution is 2.23. The Morgan fingerprint density at radius 2 is 2.00 bits per heavy atom. The first kappa shape index (κ1) is 16.2. The van der Waals surface area contributed by atoms with Crippen molar-refractivity contribution in [1.82, 2.24) is 15.1 Å². The second kappa shape index (κ2) is 8.29. The summed E-state index contributed by atoms with van der Waals surface area (Å²) in [5.74, 6) is 3.22. The van der Waals surface area contributed by atoms with Gasteiger partial charge in [-0.15, -0.1) is 6.42 Å². The molecule has 0 unspecified atom stereocenters. The summed E-state index contributed by atoms with van der Waals surface area (Å²) in [7, 11) is 0. The predicted molar refractivity (Wildman–Crippen MR) is 86.0 cm³/mol. The number of urea groups is 1. The number of rotatable bonds is 4. The van der Waals surface area contributed by atoms with Crippen LogP contribution in [-0.2, 0) is 0 Å². The van der Waals surface area contributed by atoms with Crippen LogP contribution in [0.4, 0.5) is 4.79 Å². The monoisotopic (exact) mass is 291 g/mol. The van der Waals surface area contributed by atoms with E-state index in [1.807, 2.05) is 4.90 Å². The summed E-state index contributed by atoms with van der Waals surface area (Å²) in [6.45, 7) is 6.93. The Morgan fingerprint density at radius 3 is 2.67 bits per heavy atom. The predicted octanol–water partition coefficient (Wildman–Crippen LogP) is 2.31. The van der Waals surface area contributed by atoms with Crippen LogP contribution in [0.25, 0.3) is 0 Å². The number of likely N-dealkylation sites (tertiary alicyclic amines) is 2. The van der Waals surface area contributed by atoms with Gasteiger partial charge in [-0.1, -0.05) is 12.3 Å². The molecule has 2 heterocycles. The summed E-state index contributed by atoms with van der Waals surface area (Å²) >= 11 is 0. The Hall–Kier alpha value is -1.21. The van der Waals surface area contributed by atoms with Crippen molar-refractivity contribution < 1.29 is 4.79 Å². The third-order valence-corrected chi connectivity index (χ3v) is 5.01.